The van der Waals surface area contributed by atoms with Crippen molar-refractivity contribution in [1.29, 1.82) is 0 Å². The number of hydrogen-bond donors (Lipinski definition) is 1. The molecule has 1 rings (SSSR count). The van der Waals surface area contributed by atoms with E-state index in [1.807, 2.05) is 27.7 Å². The van der Waals surface area contributed by atoms with Crippen molar-refractivity contribution in [2.24, 2.45) is 0 Å². The number of likely N-dealkylation sites (tertiary alicyclic amines) is 1. The predicted molar refractivity (Wildman–Crippen MR) is 66.5 cm³/mol. The Morgan fingerprint density at radius 3 is 2.39 bits per heavy atom. The number of ether oxygens (including phenoxy) is 1. The van der Waals surface area contributed by atoms with Crippen LogP contribution in [0.5, 0.6) is 0 Å². The van der Waals surface area contributed by atoms with Gasteiger partial charge in [-0.3, -0.25) is 0 Å². The molecule has 0 aromatic heterocycles. The molecule has 0 aromatic carbocycles. The Bertz CT molecular complexity index is 324. The lowest BCUT2D eigenvalue weighted by atomic mass is 9.97. The second-order valence-electron chi connectivity index (χ2n) is 5.15. The van der Waals surface area contributed by atoms with Gasteiger partial charge in [-0.05, 0) is 27.7 Å². The molecule has 6 nitrogen and oxygen atoms in total. The van der Waals surface area contributed by atoms with E-state index in [-0.39, 0.29) is 18.7 Å². The van der Waals surface area contributed by atoms with Crippen LogP contribution in [-0.4, -0.2) is 64.8 Å². The van der Waals surface area contributed by atoms with E-state index in [9.17, 15) is 9.59 Å². The summed E-state index contributed by atoms with van der Waals surface area (Å²) < 4.78 is 5.27. The van der Waals surface area contributed by atoms with Crippen molar-refractivity contribution in [3.8, 4) is 0 Å². The Morgan fingerprint density at radius 1 is 1.44 bits per heavy atom. The molecule has 1 N–H and O–H groups in total. The normalized spacial score (nSPS) is 17.5. The van der Waals surface area contributed by atoms with Gasteiger partial charge in [0.25, 0.3) is 0 Å². The molecule has 2 amide bonds. The van der Waals surface area contributed by atoms with E-state index in [0.717, 1.165) is 0 Å². The number of amides is 2. The molecule has 6 heteroatoms. The molecule has 0 unspecified atom stereocenters. The first-order chi connectivity index (χ1) is 8.29. The second-order valence-corrected chi connectivity index (χ2v) is 5.15. The van der Waals surface area contributed by atoms with Crippen LogP contribution in [0.15, 0.2) is 0 Å². The molecule has 0 radical (unpaired) electrons. The molecular formula is C12H22N2O4. The lowest BCUT2D eigenvalue weighted by Gasteiger charge is -2.49. The number of hydrogen-bond acceptors (Lipinski definition) is 3. The standard InChI is InChI=1S/C12H22N2O4/c1-5-14(9(2)3)11(17)13-7-12(4,8-13)18-6-10(15)16/h9H,5-8H2,1-4H3,(H,15,16). The minimum Gasteiger partial charge on any atom is -0.480 e. The van der Waals surface area contributed by atoms with Gasteiger partial charge in [-0.1, -0.05) is 0 Å². The molecule has 1 fully saturated rings. The number of carbonyl (C=O) groups excluding carboxylic acids is 1. The minimum absolute atomic E-state index is 0.0103. The monoisotopic (exact) mass is 258 g/mol. The number of rotatable bonds is 5. The third kappa shape index (κ3) is 3.35. The van der Waals surface area contributed by atoms with Gasteiger partial charge in [0, 0.05) is 12.6 Å². The van der Waals surface area contributed by atoms with Crippen LogP contribution in [0.4, 0.5) is 4.79 Å². The number of carboxylic acid groups (broad SMARTS) is 1. The van der Waals surface area contributed by atoms with Crippen molar-refractivity contribution < 1.29 is 19.4 Å². The van der Waals surface area contributed by atoms with E-state index in [1.165, 1.54) is 0 Å². The number of aliphatic carboxylic acids is 1. The maximum Gasteiger partial charge on any atom is 0.329 e. The maximum atomic E-state index is 12.1. The lowest BCUT2D eigenvalue weighted by molar-refractivity contribution is -0.160. The molecule has 104 valence electrons. The van der Waals surface area contributed by atoms with Gasteiger partial charge < -0.3 is 19.6 Å². The first-order valence-electron chi connectivity index (χ1n) is 6.20. The summed E-state index contributed by atoms with van der Waals surface area (Å²) >= 11 is 0. The molecule has 0 saturated carbocycles. The van der Waals surface area contributed by atoms with Crippen LogP contribution in [0.1, 0.15) is 27.7 Å². The average Bonchev–Trinajstić information content (AvgIpc) is 2.22. The Balaban J connectivity index is 2.45. The highest BCUT2D eigenvalue weighted by Crippen LogP contribution is 2.26. The fourth-order valence-corrected chi connectivity index (χ4v) is 2.13. The molecule has 0 spiro atoms. The summed E-state index contributed by atoms with van der Waals surface area (Å²) in [5, 5.41) is 8.56. The third-order valence-corrected chi connectivity index (χ3v) is 3.08. The first-order valence-corrected chi connectivity index (χ1v) is 6.20. The molecule has 1 heterocycles. The molecule has 1 aliphatic rings. The fourth-order valence-electron chi connectivity index (χ4n) is 2.13. The van der Waals surface area contributed by atoms with Crippen molar-refractivity contribution in [2.45, 2.75) is 39.3 Å². The topological polar surface area (TPSA) is 70.1 Å². The molecule has 0 aromatic rings. The smallest absolute Gasteiger partial charge is 0.329 e. The van der Waals surface area contributed by atoms with Crippen LogP contribution in [0.25, 0.3) is 0 Å². The number of urea groups is 1. The Kier molecular flexibility index (Phi) is 4.56. The van der Waals surface area contributed by atoms with Crippen LogP contribution < -0.4 is 0 Å². The summed E-state index contributed by atoms with van der Waals surface area (Å²) in [5.41, 5.74) is -0.523. The van der Waals surface area contributed by atoms with Crippen molar-refractivity contribution in [1.82, 2.24) is 9.80 Å². The zero-order valence-electron chi connectivity index (χ0n) is 11.5. The molecular weight excluding hydrogens is 236 g/mol. The van der Waals surface area contributed by atoms with Crippen LogP contribution in [0.3, 0.4) is 0 Å². The van der Waals surface area contributed by atoms with Gasteiger partial charge in [0.05, 0.1) is 13.1 Å². The van der Waals surface area contributed by atoms with Crippen LogP contribution >= 0.6 is 0 Å². The van der Waals surface area contributed by atoms with E-state index in [0.29, 0.717) is 19.6 Å². The van der Waals surface area contributed by atoms with E-state index in [2.05, 4.69) is 0 Å². The second kappa shape index (κ2) is 5.56. The quantitative estimate of drug-likeness (QED) is 0.799. The van der Waals surface area contributed by atoms with E-state index in [1.54, 1.807) is 9.80 Å². The average molecular weight is 258 g/mol. The van der Waals surface area contributed by atoms with Crippen molar-refractivity contribution in [2.75, 3.05) is 26.2 Å². The van der Waals surface area contributed by atoms with Gasteiger partial charge in [-0.15, -0.1) is 0 Å². The van der Waals surface area contributed by atoms with Gasteiger partial charge in [0.2, 0.25) is 0 Å². The molecule has 0 bridgehead atoms. The van der Waals surface area contributed by atoms with Crippen molar-refractivity contribution >= 4 is 12.0 Å². The fraction of sp³-hybridized carbons (Fsp3) is 0.833. The molecule has 1 saturated heterocycles. The molecule has 0 aliphatic carbocycles. The predicted octanol–water partition coefficient (Wildman–Crippen LogP) is 1.01. The van der Waals surface area contributed by atoms with Gasteiger partial charge in [0.1, 0.15) is 12.2 Å². The number of carboxylic acids is 1. The maximum absolute atomic E-state index is 12.1. The van der Waals surface area contributed by atoms with Crippen LogP contribution in [0.2, 0.25) is 0 Å². The highest BCUT2D eigenvalue weighted by atomic mass is 16.5. The number of carbonyl (C=O) groups is 2. The lowest BCUT2D eigenvalue weighted by Crippen LogP contribution is -2.66. The summed E-state index contributed by atoms with van der Waals surface area (Å²) in [6.07, 6.45) is 0. The van der Waals surface area contributed by atoms with Crippen molar-refractivity contribution in [3.63, 3.8) is 0 Å². The van der Waals surface area contributed by atoms with Gasteiger partial charge >= 0.3 is 12.0 Å². The molecule has 1 aliphatic heterocycles. The first kappa shape index (κ1) is 14.8. The van der Waals surface area contributed by atoms with E-state index < -0.39 is 11.6 Å². The highest BCUT2D eigenvalue weighted by Gasteiger charge is 2.44. The summed E-state index contributed by atoms with van der Waals surface area (Å²) in [4.78, 5) is 26.0. The summed E-state index contributed by atoms with van der Waals surface area (Å²) in [5.74, 6) is -0.988. The third-order valence-electron chi connectivity index (χ3n) is 3.08. The Hall–Kier alpha value is -1.30. The number of nitrogens with zero attached hydrogens (tertiary/aromatic N) is 2. The Morgan fingerprint density at radius 2 is 2.00 bits per heavy atom. The van der Waals surface area contributed by atoms with Gasteiger partial charge in [0.15, 0.2) is 0 Å². The van der Waals surface area contributed by atoms with Gasteiger partial charge in [-0.2, -0.15) is 0 Å². The van der Waals surface area contributed by atoms with Crippen LogP contribution in [0, 0.1) is 0 Å². The van der Waals surface area contributed by atoms with E-state index in [4.69, 9.17) is 9.84 Å². The highest BCUT2D eigenvalue weighted by molar-refractivity contribution is 5.76. The zero-order chi connectivity index (χ0) is 13.9. The Labute approximate surface area is 107 Å². The zero-order valence-corrected chi connectivity index (χ0v) is 11.5. The molecule has 0 atom stereocenters. The van der Waals surface area contributed by atoms with Crippen LogP contribution in [-0.2, 0) is 9.53 Å². The van der Waals surface area contributed by atoms with E-state index >= 15 is 0 Å². The SMILES string of the molecule is CCN(C(=O)N1CC(C)(OCC(=O)O)C1)C(C)C. The minimum atomic E-state index is -0.988. The summed E-state index contributed by atoms with van der Waals surface area (Å²) in [6, 6.07) is 0.151. The van der Waals surface area contributed by atoms with Crippen molar-refractivity contribution in [3.05, 3.63) is 0 Å². The summed E-state index contributed by atoms with van der Waals surface area (Å²) in [6.45, 7) is 8.95. The molecule has 18 heavy (non-hydrogen) atoms. The summed E-state index contributed by atoms with van der Waals surface area (Å²) in [7, 11) is 0. The largest absolute Gasteiger partial charge is 0.480 e. The van der Waals surface area contributed by atoms with Gasteiger partial charge in [-0.25, -0.2) is 9.59 Å².